The Balaban J connectivity index is 0.00000225. The second-order valence-corrected chi connectivity index (χ2v) is 8.11. The average Bonchev–Trinajstić information content (AvgIpc) is 3.42. The van der Waals surface area contributed by atoms with Crippen LogP contribution >= 0.6 is 24.0 Å². The zero-order valence-corrected chi connectivity index (χ0v) is 19.4. The molecule has 4 rings (SSSR count). The van der Waals surface area contributed by atoms with E-state index < -0.39 is 0 Å². The lowest BCUT2D eigenvalue weighted by atomic mass is 10.1. The van der Waals surface area contributed by atoms with Crippen LogP contribution in [0.5, 0.6) is 5.75 Å². The summed E-state index contributed by atoms with van der Waals surface area (Å²) in [6.07, 6.45) is 8.86. The Hall–Kier alpha value is -1.02. The molecule has 0 aromatic heterocycles. The molecule has 0 amide bonds. The van der Waals surface area contributed by atoms with Crippen molar-refractivity contribution in [2.24, 2.45) is 4.99 Å². The van der Waals surface area contributed by atoms with E-state index in [4.69, 9.17) is 9.73 Å². The van der Waals surface area contributed by atoms with Crippen LogP contribution in [0.3, 0.4) is 0 Å². The molecule has 3 aliphatic rings. The fourth-order valence-electron chi connectivity index (χ4n) is 4.71. The highest BCUT2D eigenvalue weighted by atomic mass is 127. The van der Waals surface area contributed by atoms with Crippen molar-refractivity contribution in [2.45, 2.75) is 64.0 Å². The van der Waals surface area contributed by atoms with Crippen molar-refractivity contribution in [1.82, 2.24) is 15.5 Å². The van der Waals surface area contributed by atoms with Crippen LogP contribution in [0.25, 0.3) is 0 Å². The summed E-state index contributed by atoms with van der Waals surface area (Å²) >= 11 is 0. The first kappa shape index (κ1) is 21.7. The van der Waals surface area contributed by atoms with Gasteiger partial charge in [-0.15, -0.1) is 24.0 Å². The minimum absolute atomic E-state index is 0. The molecule has 1 atom stereocenters. The molecule has 1 saturated heterocycles. The lowest BCUT2D eigenvalue weighted by molar-refractivity contribution is 0.242. The molecule has 156 valence electrons. The molecule has 5 nitrogen and oxygen atoms in total. The van der Waals surface area contributed by atoms with Gasteiger partial charge in [0.05, 0.1) is 6.61 Å². The smallest absolute Gasteiger partial charge is 0.191 e. The Morgan fingerprint density at radius 3 is 2.93 bits per heavy atom. The number of nitrogens with zero attached hydrogens (tertiary/aromatic N) is 2. The Bertz CT molecular complexity index is 660. The number of fused-ring (bicyclic) bond motifs is 1. The summed E-state index contributed by atoms with van der Waals surface area (Å²) in [6.45, 7) is 7.08. The van der Waals surface area contributed by atoms with Crippen LogP contribution in [-0.2, 0) is 12.8 Å². The molecule has 2 fully saturated rings. The molecular formula is C22H35IN4O. The van der Waals surface area contributed by atoms with Gasteiger partial charge in [-0.25, -0.2) is 0 Å². The molecule has 28 heavy (non-hydrogen) atoms. The fourth-order valence-corrected chi connectivity index (χ4v) is 4.71. The average molecular weight is 498 g/mol. The highest BCUT2D eigenvalue weighted by molar-refractivity contribution is 14.0. The second-order valence-electron chi connectivity index (χ2n) is 8.11. The van der Waals surface area contributed by atoms with Crippen LogP contribution in [0.15, 0.2) is 23.2 Å². The van der Waals surface area contributed by atoms with Gasteiger partial charge in [-0.2, -0.15) is 0 Å². The maximum Gasteiger partial charge on any atom is 0.191 e. The minimum atomic E-state index is 0. The molecule has 1 aromatic carbocycles. The Labute approximate surface area is 186 Å². The maximum absolute atomic E-state index is 5.60. The van der Waals surface area contributed by atoms with Crippen molar-refractivity contribution in [3.05, 3.63) is 29.3 Å². The van der Waals surface area contributed by atoms with Crippen molar-refractivity contribution in [1.29, 1.82) is 0 Å². The van der Waals surface area contributed by atoms with Crippen molar-refractivity contribution >= 4 is 29.9 Å². The summed E-state index contributed by atoms with van der Waals surface area (Å²) < 4.78 is 5.60. The number of nitrogens with one attached hydrogen (secondary N) is 2. The van der Waals surface area contributed by atoms with Crippen LogP contribution in [0.4, 0.5) is 0 Å². The minimum Gasteiger partial charge on any atom is -0.493 e. The summed E-state index contributed by atoms with van der Waals surface area (Å²) in [5.41, 5.74) is 2.70. The van der Waals surface area contributed by atoms with E-state index in [0.29, 0.717) is 6.04 Å². The highest BCUT2D eigenvalue weighted by Gasteiger charge is 2.30. The van der Waals surface area contributed by atoms with E-state index >= 15 is 0 Å². The van der Waals surface area contributed by atoms with Gasteiger partial charge in [-0.1, -0.05) is 25.0 Å². The summed E-state index contributed by atoms with van der Waals surface area (Å²) in [5, 5.41) is 7.10. The van der Waals surface area contributed by atoms with Crippen LogP contribution in [0.1, 0.15) is 50.2 Å². The van der Waals surface area contributed by atoms with Gasteiger partial charge in [-0.3, -0.25) is 9.89 Å². The molecule has 2 N–H and O–H groups in total. The SMILES string of the molecule is CCNC(=NCCc1ccc2c(c1)CCO2)NC1CCN(C2CCCC2)C1.I. The monoisotopic (exact) mass is 498 g/mol. The van der Waals surface area contributed by atoms with E-state index in [-0.39, 0.29) is 24.0 Å². The van der Waals surface area contributed by atoms with Gasteiger partial charge >= 0.3 is 0 Å². The molecule has 2 heterocycles. The Morgan fingerprint density at radius 2 is 2.11 bits per heavy atom. The Morgan fingerprint density at radius 1 is 1.25 bits per heavy atom. The van der Waals surface area contributed by atoms with Gasteiger partial charge in [0.15, 0.2) is 5.96 Å². The second kappa shape index (κ2) is 10.7. The third-order valence-corrected chi connectivity index (χ3v) is 6.17. The quantitative estimate of drug-likeness (QED) is 0.359. The molecule has 0 radical (unpaired) electrons. The first-order valence-electron chi connectivity index (χ1n) is 10.9. The normalized spacial score (nSPS) is 22.6. The molecule has 1 unspecified atom stereocenters. The van der Waals surface area contributed by atoms with Crippen LogP contribution in [0, 0.1) is 0 Å². The topological polar surface area (TPSA) is 48.9 Å². The molecule has 1 saturated carbocycles. The van der Waals surface area contributed by atoms with Crippen molar-refractivity contribution in [2.75, 3.05) is 32.8 Å². The van der Waals surface area contributed by atoms with E-state index in [1.54, 1.807) is 0 Å². The Kier molecular flexibility index (Phi) is 8.26. The summed E-state index contributed by atoms with van der Waals surface area (Å²) in [5.74, 6) is 2.03. The van der Waals surface area contributed by atoms with Crippen LogP contribution < -0.4 is 15.4 Å². The molecule has 0 spiro atoms. The first-order chi connectivity index (χ1) is 13.3. The number of hydrogen-bond donors (Lipinski definition) is 2. The summed E-state index contributed by atoms with van der Waals surface area (Å²) in [4.78, 5) is 7.53. The number of guanidine groups is 1. The molecule has 6 heteroatoms. The lowest BCUT2D eigenvalue weighted by Gasteiger charge is -2.24. The van der Waals surface area contributed by atoms with Crippen molar-refractivity contribution in [3.8, 4) is 5.75 Å². The van der Waals surface area contributed by atoms with E-state index in [0.717, 1.165) is 50.3 Å². The number of likely N-dealkylation sites (tertiary alicyclic amines) is 1. The standard InChI is InChI=1S/C22H34N4O.HI/c1-2-23-22(25-19-10-13-26(16-19)20-5-3-4-6-20)24-12-9-17-7-8-21-18(15-17)11-14-27-21;/h7-8,15,19-20H,2-6,9-14,16H2,1H3,(H2,23,24,25);1H. The molecule has 1 aromatic rings. The zero-order valence-electron chi connectivity index (χ0n) is 17.1. The van der Waals surface area contributed by atoms with Crippen molar-refractivity contribution < 1.29 is 4.74 Å². The number of benzene rings is 1. The van der Waals surface area contributed by atoms with Gasteiger partial charge in [0, 0.05) is 44.7 Å². The molecule has 0 bridgehead atoms. The lowest BCUT2D eigenvalue weighted by Crippen LogP contribution is -2.45. The number of halogens is 1. The van der Waals surface area contributed by atoms with E-state index in [1.165, 1.54) is 56.3 Å². The van der Waals surface area contributed by atoms with Crippen LogP contribution in [-0.4, -0.2) is 55.7 Å². The largest absolute Gasteiger partial charge is 0.493 e. The maximum atomic E-state index is 5.60. The van der Waals surface area contributed by atoms with E-state index in [9.17, 15) is 0 Å². The van der Waals surface area contributed by atoms with E-state index in [2.05, 4.69) is 40.7 Å². The summed E-state index contributed by atoms with van der Waals surface area (Å²) in [6, 6.07) is 7.94. The molecular weight excluding hydrogens is 463 g/mol. The predicted molar refractivity (Wildman–Crippen MR) is 126 cm³/mol. The number of rotatable bonds is 6. The number of ether oxygens (including phenoxy) is 1. The summed E-state index contributed by atoms with van der Waals surface area (Å²) in [7, 11) is 0. The van der Waals surface area contributed by atoms with Gasteiger partial charge in [-0.05, 0) is 49.8 Å². The fraction of sp³-hybridized carbons (Fsp3) is 0.682. The third-order valence-electron chi connectivity index (χ3n) is 6.17. The van der Waals surface area contributed by atoms with E-state index in [1.807, 2.05) is 0 Å². The highest BCUT2D eigenvalue weighted by Crippen LogP contribution is 2.27. The predicted octanol–water partition coefficient (Wildman–Crippen LogP) is 3.35. The van der Waals surface area contributed by atoms with Gasteiger partial charge in [0.25, 0.3) is 0 Å². The number of hydrogen-bond acceptors (Lipinski definition) is 3. The van der Waals surface area contributed by atoms with Gasteiger partial charge < -0.3 is 15.4 Å². The zero-order chi connectivity index (χ0) is 18.5. The number of aliphatic imine (C=N–C) groups is 1. The first-order valence-corrected chi connectivity index (χ1v) is 10.9. The van der Waals surface area contributed by atoms with Gasteiger partial charge in [0.2, 0.25) is 0 Å². The molecule has 2 aliphatic heterocycles. The van der Waals surface area contributed by atoms with Crippen molar-refractivity contribution in [3.63, 3.8) is 0 Å². The van der Waals surface area contributed by atoms with Crippen LogP contribution in [0.2, 0.25) is 0 Å². The molecule has 1 aliphatic carbocycles. The third kappa shape index (κ3) is 5.53. The van der Waals surface area contributed by atoms with Gasteiger partial charge in [0.1, 0.15) is 5.75 Å².